The summed E-state index contributed by atoms with van der Waals surface area (Å²) in [5, 5.41) is 22.3. The van der Waals surface area contributed by atoms with Crippen LogP contribution in [0.15, 0.2) is 53.3 Å². The van der Waals surface area contributed by atoms with Gasteiger partial charge < -0.3 is 14.6 Å². The fourth-order valence-electron chi connectivity index (χ4n) is 4.11. The Bertz CT molecular complexity index is 1100. The molecule has 1 aliphatic heterocycles. The van der Waals surface area contributed by atoms with Crippen LogP contribution < -0.4 is 10.2 Å². The van der Waals surface area contributed by atoms with Crippen LogP contribution in [0.4, 0.5) is 17.7 Å². The summed E-state index contributed by atoms with van der Waals surface area (Å²) in [5.41, 5.74) is 2.66. The Hall–Kier alpha value is -3.82. The molecule has 1 saturated carbocycles. The Morgan fingerprint density at radius 2 is 1.79 bits per heavy atom. The van der Waals surface area contributed by atoms with Crippen molar-refractivity contribution in [3.8, 4) is 11.5 Å². The van der Waals surface area contributed by atoms with Crippen LogP contribution in [0.2, 0.25) is 0 Å². The number of H-pyrrole nitrogens is 1. The number of benzene rings is 1. The van der Waals surface area contributed by atoms with Crippen LogP contribution in [0, 0.1) is 11.8 Å². The van der Waals surface area contributed by atoms with Gasteiger partial charge in [0.25, 0.3) is 5.89 Å². The maximum Gasteiger partial charge on any atom is 0.318 e. The minimum Gasteiger partial charge on any atom is -0.403 e. The van der Waals surface area contributed by atoms with Crippen LogP contribution in [-0.2, 0) is 0 Å². The van der Waals surface area contributed by atoms with Gasteiger partial charge in [-0.05, 0) is 24.0 Å². The van der Waals surface area contributed by atoms with E-state index in [4.69, 9.17) is 4.42 Å². The van der Waals surface area contributed by atoms with Gasteiger partial charge in [-0.1, -0.05) is 23.3 Å². The monoisotopic (exact) mass is 387 g/mol. The Morgan fingerprint density at radius 3 is 2.52 bits per heavy atom. The second-order valence-electron chi connectivity index (χ2n) is 7.33. The summed E-state index contributed by atoms with van der Waals surface area (Å²) >= 11 is 0. The van der Waals surface area contributed by atoms with Gasteiger partial charge in [0, 0.05) is 37.1 Å². The summed E-state index contributed by atoms with van der Waals surface area (Å²) in [6.45, 7) is 1.78. The van der Waals surface area contributed by atoms with E-state index in [1.807, 2.05) is 36.5 Å². The van der Waals surface area contributed by atoms with Crippen molar-refractivity contribution in [3.05, 3.63) is 54.6 Å². The highest BCUT2D eigenvalue weighted by atomic mass is 16.4. The van der Waals surface area contributed by atoms with E-state index in [2.05, 4.69) is 45.8 Å². The van der Waals surface area contributed by atoms with Gasteiger partial charge in [0.2, 0.25) is 5.95 Å². The molecule has 0 bridgehead atoms. The van der Waals surface area contributed by atoms with E-state index in [0.717, 1.165) is 24.5 Å². The van der Waals surface area contributed by atoms with E-state index in [1.165, 1.54) is 0 Å². The highest BCUT2D eigenvalue weighted by Crippen LogP contribution is 2.58. The van der Waals surface area contributed by atoms with Crippen LogP contribution in [0.5, 0.6) is 0 Å². The molecule has 4 heterocycles. The molecule has 2 N–H and O–H groups in total. The molecule has 1 unspecified atom stereocenters. The summed E-state index contributed by atoms with van der Waals surface area (Å²) in [6, 6.07) is 10.3. The summed E-state index contributed by atoms with van der Waals surface area (Å²) in [7, 11) is 0. The molecule has 1 aromatic carbocycles. The van der Waals surface area contributed by atoms with Crippen LogP contribution in [-0.4, -0.2) is 48.7 Å². The molecule has 3 atom stereocenters. The Labute approximate surface area is 165 Å². The molecular weight excluding hydrogens is 370 g/mol. The van der Waals surface area contributed by atoms with Crippen molar-refractivity contribution in [2.45, 2.75) is 5.92 Å². The zero-order valence-electron chi connectivity index (χ0n) is 15.3. The fraction of sp³-hybridized carbons (Fsp3) is 0.263. The standard InChI is InChI=1S/C19H17N9O/c1-2-4-12(5-3-1)23-18-20-6-11(7-21-18)17-25-26-19(29-17)28-9-13-14(10-28)16(13)15-8-22-27-24-15/h1-8,13-14,16H,9-10H2,(H,20,21,23)(H,22,24,27)/t13-,14+,16?. The molecular formula is C19H17N9O. The minimum absolute atomic E-state index is 0.417. The Kier molecular flexibility index (Phi) is 3.55. The maximum absolute atomic E-state index is 5.88. The molecule has 6 rings (SSSR count). The van der Waals surface area contributed by atoms with Gasteiger partial charge in [-0.25, -0.2) is 9.97 Å². The predicted octanol–water partition coefficient (Wildman–Crippen LogP) is 2.24. The number of piperidine rings is 1. The van der Waals surface area contributed by atoms with Crippen LogP contribution in [0.1, 0.15) is 11.6 Å². The molecule has 3 aromatic heterocycles. The first-order valence-electron chi connectivity index (χ1n) is 9.44. The van der Waals surface area contributed by atoms with Gasteiger partial charge in [-0.2, -0.15) is 15.4 Å². The maximum atomic E-state index is 5.88. The van der Waals surface area contributed by atoms with Gasteiger partial charge >= 0.3 is 6.01 Å². The summed E-state index contributed by atoms with van der Waals surface area (Å²) in [4.78, 5) is 10.8. The Morgan fingerprint density at radius 1 is 1.00 bits per heavy atom. The Balaban J connectivity index is 1.12. The van der Waals surface area contributed by atoms with Crippen LogP contribution >= 0.6 is 0 Å². The zero-order valence-corrected chi connectivity index (χ0v) is 15.3. The molecule has 1 saturated heterocycles. The lowest BCUT2D eigenvalue weighted by Crippen LogP contribution is -2.23. The van der Waals surface area contributed by atoms with Gasteiger partial charge in [-0.15, -0.1) is 5.10 Å². The number of aromatic amines is 1. The molecule has 2 aliphatic rings. The quantitative estimate of drug-likeness (QED) is 0.531. The number of anilines is 3. The second-order valence-corrected chi connectivity index (χ2v) is 7.33. The number of nitrogens with zero attached hydrogens (tertiary/aromatic N) is 7. The first-order chi connectivity index (χ1) is 14.3. The van der Waals surface area contributed by atoms with Gasteiger partial charge in [0.05, 0.1) is 17.5 Å². The topological polar surface area (TPSA) is 122 Å². The highest BCUT2D eigenvalue weighted by molar-refractivity contribution is 5.56. The number of para-hydroxylation sites is 1. The molecule has 1 aliphatic carbocycles. The normalized spacial score (nSPS) is 22.5. The molecule has 0 spiro atoms. The average Bonchev–Trinajstić information content (AvgIpc) is 3.30. The highest BCUT2D eigenvalue weighted by Gasteiger charge is 2.58. The lowest BCUT2D eigenvalue weighted by atomic mass is 10.2. The average molecular weight is 387 g/mol. The molecule has 0 amide bonds. The summed E-state index contributed by atoms with van der Waals surface area (Å²) in [6.07, 6.45) is 5.17. The van der Waals surface area contributed by atoms with Crippen molar-refractivity contribution in [1.29, 1.82) is 0 Å². The van der Waals surface area contributed by atoms with Crippen molar-refractivity contribution in [3.63, 3.8) is 0 Å². The van der Waals surface area contributed by atoms with Crippen molar-refractivity contribution < 1.29 is 4.42 Å². The second kappa shape index (κ2) is 6.36. The molecule has 144 valence electrons. The molecule has 0 radical (unpaired) electrons. The first kappa shape index (κ1) is 16.2. The number of hydrogen-bond acceptors (Lipinski definition) is 9. The lowest BCUT2D eigenvalue weighted by Gasteiger charge is -2.15. The predicted molar refractivity (Wildman–Crippen MR) is 103 cm³/mol. The van der Waals surface area contributed by atoms with E-state index < -0.39 is 0 Å². The minimum atomic E-state index is 0.417. The zero-order chi connectivity index (χ0) is 19.2. The summed E-state index contributed by atoms with van der Waals surface area (Å²) < 4.78 is 5.88. The van der Waals surface area contributed by atoms with E-state index in [9.17, 15) is 0 Å². The number of fused-ring (bicyclic) bond motifs is 1. The number of hydrogen-bond donors (Lipinski definition) is 2. The number of nitrogens with one attached hydrogen (secondary N) is 2. The largest absolute Gasteiger partial charge is 0.403 e. The third kappa shape index (κ3) is 2.89. The van der Waals surface area contributed by atoms with E-state index in [-0.39, 0.29) is 0 Å². The van der Waals surface area contributed by atoms with Crippen molar-refractivity contribution in [1.82, 2.24) is 35.6 Å². The van der Waals surface area contributed by atoms with Crippen LogP contribution in [0.25, 0.3) is 11.5 Å². The number of aromatic nitrogens is 7. The molecule has 10 heteroatoms. The first-order valence-corrected chi connectivity index (χ1v) is 9.44. The van der Waals surface area contributed by atoms with Gasteiger partial charge in [-0.3, -0.25) is 0 Å². The van der Waals surface area contributed by atoms with Crippen molar-refractivity contribution in [2.24, 2.45) is 11.8 Å². The molecule has 4 aromatic rings. The molecule has 2 fully saturated rings. The van der Waals surface area contributed by atoms with Crippen molar-refractivity contribution in [2.75, 3.05) is 23.3 Å². The van der Waals surface area contributed by atoms with E-state index in [0.29, 0.717) is 41.2 Å². The van der Waals surface area contributed by atoms with E-state index in [1.54, 1.807) is 12.4 Å². The van der Waals surface area contributed by atoms with Crippen molar-refractivity contribution >= 4 is 17.7 Å². The third-order valence-electron chi connectivity index (χ3n) is 5.58. The van der Waals surface area contributed by atoms with Gasteiger partial charge in [0.1, 0.15) is 0 Å². The molecule has 10 nitrogen and oxygen atoms in total. The third-order valence-corrected chi connectivity index (χ3v) is 5.58. The summed E-state index contributed by atoms with van der Waals surface area (Å²) in [5.74, 6) is 2.56. The van der Waals surface area contributed by atoms with Gasteiger partial charge in [0.15, 0.2) is 0 Å². The SMILES string of the molecule is c1ccc(Nc2ncc(-c3nnc(N4C[C@@H]5C(c6cn[nH]n6)[C@@H]5C4)o3)cn2)cc1. The molecule has 29 heavy (non-hydrogen) atoms. The van der Waals surface area contributed by atoms with Crippen LogP contribution in [0.3, 0.4) is 0 Å². The fourth-order valence-corrected chi connectivity index (χ4v) is 4.11. The smallest absolute Gasteiger partial charge is 0.318 e. The lowest BCUT2D eigenvalue weighted by molar-refractivity contribution is 0.543. The number of rotatable bonds is 5. The van der Waals surface area contributed by atoms with E-state index >= 15 is 0 Å².